The van der Waals surface area contributed by atoms with Gasteiger partial charge in [0.25, 0.3) is 0 Å². The third kappa shape index (κ3) is 6.58. The molecule has 0 radical (unpaired) electrons. The molecule has 0 rings (SSSR count). The highest BCUT2D eigenvalue weighted by molar-refractivity contribution is 5.73. The molecule has 2 N–H and O–H groups in total. The van der Waals surface area contributed by atoms with Gasteiger partial charge in [0, 0.05) is 13.0 Å². The van der Waals surface area contributed by atoms with E-state index >= 15 is 0 Å². The van der Waals surface area contributed by atoms with Gasteiger partial charge in [-0.05, 0) is 26.2 Å². The van der Waals surface area contributed by atoms with Crippen molar-refractivity contribution in [1.82, 2.24) is 5.32 Å². The molecule has 13 heavy (non-hydrogen) atoms. The maximum atomic E-state index is 10.9. The molecule has 0 fully saturated rings. The summed E-state index contributed by atoms with van der Waals surface area (Å²) >= 11 is 0. The van der Waals surface area contributed by atoms with Crippen molar-refractivity contribution in [1.29, 1.82) is 0 Å². The minimum absolute atomic E-state index is 0.0389. The van der Waals surface area contributed by atoms with Gasteiger partial charge < -0.3 is 10.4 Å². The number of carbonyl (C=O) groups excluding carboxylic acids is 1. The Labute approximate surface area is 80.5 Å². The van der Waals surface area contributed by atoms with E-state index in [1.165, 1.54) is 6.92 Å². The topological polar surface area (TPSA) is 49.3 Å². The highest BCUT2D eigenvalue weighted by Crippen LogP contribution is 2.16. The normalized spacial score (nSPS) is 14.4. The molecule has 0 aliphatic rings. The molecule has 1 amide bonds. The van der Waals surface area contributed by atoms with E-state index in [9.17, 15) is 9.90 Å². The summed E-state index contributed by atoms with van der Waals surface area (Å²) in [5.74, 6) is 0.304. The third-order valence-corrected chi connectivity index (χ3v) is 1.91. The Kier molecular flexibility index (Phi) is 4.40. The number of rotatable bonds is 4. The van der Waals surface area contributed by atoms with Crippen LogP contribution in [-0.4, -0.2) is 22.7 Å². The maximum Gasteiger partial charge on any atom is 0.217 e. The second kappa shape index (κ2) is 4.61. The van der Waals surface area contributed by atoms with Gasteiger partial charge in [-0.3, -0.25) is 4.79 Å². The lowest BCUT2D eigenvalue weighted by atomic mass is 9.92. The first-order chi connectivity index (χ1) is 5.72. The maximum absolute atomic E-state index is 10.9. The predicted molar refractivity (Wildman–Crippen MR) is 53.4 cm³/mol. The number of aliphatic hydroxyl groups is 1. The second-order valence-electron chi connectivity index (χ2n) is 4.57. The molecule has 78 valence electrons. The van der Waals surface area contributed by atoms with E-state index in [-0.39, 0.29) is 11.9 Å². The van der Waals surface area contributed by atoms with E-state index in [1.807, 2.05) is 13.8 Å². The van der Waals surface area contributed by atoms with Crippen molar-refractivity contribution in [2.45, 2.75) is 52.7 Å². The molecule has 0 aliphatic heterocycles. The minimum atomic E-state index is -0.725. The number of hydrogen-bond acceptors (Lipinski definition) is 2. The van der Waals surface area contributed by atoms with Crippen LogP contribution in [0, 0.1) is 5.92 Å². The van der Waals surface area contributed by atoms with Gasteiger partial charge in [-0.25, -0.2) is 0 Å². The van der Waals surface area contributed by atoms with Gasteiger partial charge in [0.15, 0.2) is 0 Å². The van der Waals surface area contributed by atoms with Crippen LogP contribution in [0.5, 0.6) is 0 Å². The third-order valence-electron chi connectivity index (χ3n) is 1.91. The Balaban J connectivity index is 4.19. The van der Waals surface area contributed by atoms with Crippen LogP contribution in [0.1, 0.15) is 41.0 Å². The lowest BCUT2D eigenvalue weighted by Gasteiger charge is -2.28. The number of carbonyl (C=O) groups is 1. The van der Waals surface area contributed by atoms with Gasteiger partial charge in [-0.15, -0.1) is 0 Å². The number of amides is 1. The Morgan fingerprint density at radius 2 is 1.92 bits per heavy atom. The summed E-state index contributed by atoms with van der Waals surface area (Å²) in [4.78, 5) is 10.9. The molecule has 3 heteroatoms. The summed E-state index contributed by atoms with van der Waals surface area (Å²) in [5, 5.41) is 12.4. The number of nitrogens with one attached hydrogen (secondary N) is 1. The fourth-order valence-electron chi connectivity index (χ4n) is 1.25. The van der Waals surface area contributed by atoms with E-state index in [4.69, 9.17) is 0 Å². The molecular weight excluding hydrogens is 166 g/mol. The summed E-state index contributed by atoms with van der Waals surface area (Å²) in [7, 11) is 0. The molecule has 0 aromatic rings. The zero-order valence-electron chi connectivity index (χ0n) is 9.22. The molecule has 0 unspecified atom stereocenters. The monoisotopic (exact) mass is 187 g/mol. The summed E-state index contributed by atoms with van der Waals surface area (Å²) in [5.41, 5.74) is -0.725. The first-order valence-electron chi connectivity index (χ1n) is 4.72. The van der Waals surface area contributed by atoms with Crippen molar-refractivity contribution in [2.24, 2.45) is 5.92 Å². The smallest absolute Gasteiger partial charge is 0.217 e. The van der Waals surface area contributed by atoms with Gasteiger partial charge in [0.2, 0.25) is 5.91 Å². The largest absolute Gasteiger partial charge is 0.390 e. The highest BCUT2D eigenvalue weighted by Gasteiger charge is 2.23. The van der Waals surface area contributed by atoms with Crippen LogP contribution in [0.3, 0.4) is 0 Å². The molecule has 0 aromatic heterocycles. The van der Waals surface area contributed by atoms with Gasteiger partial charge in [-0.2, -0.15) is 0 Å². The first-order valence-corrected chi connectivity index (χ1v) is 4.72. The van der Waals surface area contributed by atoms with E-state index in [2.05, 4.69) is 5.32 Å². The van der Waals surface area contributed by atoms with Crippen molar-refractivity contribution >= 4 is 5.91 Å². The van der Waals surface area contributed by atoms with E-state index < -0.39 is 5.60 Å². The Hall–Kier alpha value is -0.570. The Morgan fingerprint density at radius 1 is 1.46 bits per heavy atom. The highest BCUT2D eigenvalue weighted by atomic mass is 16.3. The van der Waals surface area contributed by atoms with Crippen LogP contribution < -0.4 is 5.32 Å². The average molecular weight is 187 g/mol. The Morgan fingerprint density at radius 3 is 2.15 bits per heavy atom. The van der Waals surface area contributed by atoms with Crippen molar-refractivity contribution < 1.29 is 9.90 Å². The van der Waals surface area contributed by atoms with E-state index in [1.54, 1.807) is 13.8 Å². The van der Waals surface area contributed by atoms with Gasteiger partial charge in [-0.1, -0.05) is 13.8 Å². The number of hydrogen-bond donors (Lipinski definition) is 2. The van der Waals surface area contributed by atoms with Gasteiger partial charge >= 0.3 is 0 Å². The van der Waals surface area contributed by atoms with Gasteiger partial charge in [0.1, 0.15) is 0 Å². The van der Waals surface area contributed by atoms with Crippen LogP contribution >= 0.6 is 0 Å². The van der Waals surface area contributed by atoms with Crippen LogP contribution in [-0.2, 0) is 4.79 Å². The van der Waals surface area contributed by atoms with Crippen LogP contribution in [0.2, 0.25) is 0 Å². The molecular formula is C10H21NO2. The summed E-state index contributed by atoms with van der Waals surface area (Å²) in [6.45, 7) is 9.08. The molecule has 0 aliphatic carbocycles. The fourth-order valence-corrected chi connectivity index (χ4v) is 1.25. The zero-order valence-corrected chi connectivity index (χ0v) is 9.22. The summed E-state index contributed by atoms with van der Waals surface area (Å²) < 4.78 is 0. The van der Waals surface area contributed by atoms with E-state index in [0.717, 1.165) is 0 Å². The molecule has 0 bridgehead atoms. The van der Waals surface area contributed by atoms with Crippen LogP contribution in [0.25, 0.3) is 0 Å². The first kappa shape index (κ1) is 12.4. The van der Waals surface area contributed by atoms with Crippen LogP contribution in [0.15, 0.2) is 0 Å². The minimum Gasteiger partial charge on any atom is -0.390 e. The lowest BCUT2D eigenvalue weighted by Crippen LogP contribution is -2.42. The van der Waals surface area contributed by atoms with Crippen molar-refractivity contribution in [3.05, 3.63) is 0 Å². The summed E-state index contributed by atoms with van der Waals surface area (Å²) in [6, 6.07) is 0.0532. The molecule has 0 spiro atoms. The predicted octanol–water partition coefficient (Wildman–Crippen LogP) is 1.31. The fraction of sp³-hybridized carbons (Fsp3) is 0.900. The average Bonchev–Trinajstić information content (AvgIpc) is 1.81. The van der Waals surface area contributed by atoms with Gasteiger partial charge in [0.05, 0.1) is 5.60 Å². The lowest BCUT2D eigenvalue weighted by molar-refractivity contribution is -0.120. The molecule has 0 heterocycles. The van der Waals surface area contributed by atoms with E-state index in [0.29, 0.717) is 12.3 Å². The molecule has 1 atom stereocenters. The Bertz CT molecular complexity index is 170. The van der Waals surface area contributed by atoms with Crippen LogP contribution in [0.4, 0.5) is 0 Å². The van der Waals surface area contributed by atoms with Crippen molar-refractivity contribution in [3.63, 3.8) is 0 Å². The second-order valence-corrected chi connectivity index (χ2v) is 4.57. The summed E-state index contributed by atoms with van der Waals surface area (Å²) in [6.07, 6.45) is 0.588. The molecule has 0 saturated carbocycles. The standard InChI is InChI=1S/C10H21NO2/c1-7(2)9(11-8(3)12)6-10(4,5)13/h7,9,13H,6H2,1-5H3,(H,11,12)/t9-/m1/s1. The SMILES string of the molecule is CC(=O)N[C@H](CC(C)(C)O)C(C)C. The van der Waals surface area contributed by atoms with Crippen molar-refractivity contribution in [2.75, 3.05) is 0 Å². The van der Waals surface area contributed by atoms with Crippen molar-refractivity contribution in [3.8, 4) is 0 Å². The molecule has 3 nitrogen and oxygen atoms in total. The molecule has 0 saturated heterocycles. The zero-order chi connectivity index (χ0) is 10.6. The quantitative estimate of drug-likeness (QED) is 0.697. The molecule has 0 aromatic carbocycles.